The summed E-state index contributed by atoms with van der Waals surface area (Å²) in [5.74, 6) is 0.469. The molecule has 1 amide bonds. The molecule has 29 heavy (non-hydrogen) atoms. The van der Waals surface area contributed by atoms with Gasteiger partial charge in [0, 0.05) is 30.9 Å². The van der Waals surface area contributed by atoms with Gasteiger partial charge in [-0.1, -0.05) is 49.4 Å². The maximum atomic E-state index is 13.5. The number of amides is 1. The van der Waals surface area contributed by atoms with Crippen LogP contribution in [0.5, 0.6) is 0 Å². The van der Waals surface area contributed by atoms with E-state index >= 15 is 0 Å². The van der Waals surface area contributed by atoms with Crippen LogP contribution >= 0.6 is 0 Å². The Morgan fingerprint density at radius 2 is 1.93 bits per heavy atom. The Morgan fingerprint density at radius 1 is 1.10 bits per heavy atom. The van der Waals surface area contributed by atoms with Crippen LogP contribution in [-0.2, 0) is 17.9 Å². The minimum atomic E-state index is -0.223. The average Bonchev–Trinajstić information content (AvgIpc) is 3.42. The number of carbonyl (C=O) groups is 1. The van der Waals surface area contributed by atoms with Crippen LogP contribution in [0.25, 0.3) is 0 Å². The molecule has 3 aromatic rings. The van der Waals surface area contributed by atoms with Gasteiger partial charge in [-0.25, -0.2) is 4.39 Å². The smallest absolute Gasteiger partial charge is 0.226 e. The average molecular weight is 391 g/mol. The minimum Gasteiger partial charge on any atom is -0.345 e. The summed E-state index contributed by atoms with van der Waals surface area (Å²) < 4.78 is 15.6. The van der Waals surface area contributed by atoms with Gasteiger partial charge in [-0.2, -0.15) is 0 Å². The molecular formula is C25H27FN2O. The standard InChI is InChI=1S/C25H27FN2O/c1-2-13-28(25(29)24-16-23(24)20-9-4-3-5-10-20)18-22-12-7-14-27(22)17-19-8-6-11-21(26)15-19/h3-12,14-15,23-24H,2,13,16-18H2,1H3/t23-,24+/m0/s1. The summed E-state index contributed by atoms with van der Waals surface area (Å²) in [5.41, 5.74) is 3.26. The molecule has 0 bridgehead atoms. The highest BCUT2D eigenvalue weighted by Gasteiger charge is 2.45. The molecule has 1 aromatic heterocycles. The van der Waals surface area contributed by atoms with Gasteiger partial charge >= 0.3 is 0 Å². The topological polar surface area (TPSA) is 25.2 Å². The van der Waals surface area contributed by atoms with Gasteiger partial charge in [0.05, 0.1) is 6.54 Å². The Bertz CT molecular complexity index is 966. The second kappa shape index (κ2) is 8.64. The summed E-state index contributed by atoms with van der Waals surface area (Å²) in [4.78, 5) is 15.2. The van der Waals surface area contributed by atoms with Crippen molar-refractivity contribution in [3.8, 4) is 0 Å². The van der Waals surface area contributed by atoms with Crippen molar-refractivity contribution in [3.05, 3.63) is 95.6 Å². The Labute approximate surface area is 171 Å². The lowest BCUT2D eigenvalue weighted by atomic mass is 10.1. The molecule has 0 N–H and O–H groups in total. The van der Waals surface area contributed by atoms with E-state index in [1.165, 1.54) is 11.6 Å². The van der Waals surface area contributed by atoms with Gasteiger partial charge < -0.3 is 9.47 Å². The van der Waals surface area contributed by atoms with Crippen molar-refractivity contribution in [1.29, 1.82) is 0 Å². The fraction of sp³-hybridized carbons (Fsp3) is 0.320. The van der Waals surface area contributed by atoms with Gasteiger partial charge in [0.1, 0.15) is 5.82 Å². The number of benzene rings is 2. The number of aromatic nitrogens is 1. The minimum absolute atomic E-state index is 0.0931. The van der Waals surface area contributed by atoms with E-state index in [1.807, 2.05) is 41.4 Å². The van der Waals surface area contributed by atoms with Gasteiger partial charge in [0.15, 0.2) is 0 Å². The molecule has 2 atom stereocenters. The summed E-state index contributed by atoms with van der Waals surface area (Å²) in [7, 11) is 0. The number of halogens is 1. The molecule has 0 aliphatic heterocycles. The Morgan fingerprint density at radius 3 is 2.69 bits per heavy atom. The highest BCUT2D eigenvalue weighted by molar-refractivity contribution is 5.83. The van der Waals surface area contributed by atoms with E-state index in [0.717, 1.165) is 30.6 Å². The van der Waals surface area contributed by atoms with Crippen LogP contribution in [0.3, 0.4) is 0 Å². The van der Waals surface area contributed by atoms with Crippen molar-refractivity contribution in [1.82, 2.24) is 9.47 Å². The number of nitrogens with zero attached hydrogens (tertiary/aromatic N) is 2. The van der Waals surface area contributed by atoms with Crippen LogP contribution in [0.2, 0.25) is 0 Å². The van der Waals surface area contributed by atoms with Crippen molar-refractivity contribution in [3.63, 3.8) is 0 Å². The maximum absolute atomic E-state index is 13.5. The molecule has 1 aliphatic rings. The molecule has 3 nitrogen and oxygen atoms in total. The van der Waals surface area contributed by atoms with Crippen molar-refractivity contribution in [2.45, 2.75) is 38.8 Å². The van der Waals surface area contributed by atoms with Gasteiger partial charge in [-0.05, 0) is 54.2 Å². The monoisotopic (exact) mass is 390 g/mol. The van der Waals surface area contributed by atoms with Gasteiger partial charge in [-0.3, -0.25) is 4.79 Å². The third-order valence-electron chi connectivity index (χ3n) is 5.66. The molecule has 1 saturated carbocycles. The third-order valence-corrected chi connectivity index (χ3v) is 5.66. The molecular weight excluding hydrogens is 363 g/mol. The normalized spacial score (nSPS) is 17.9. The van der Waals surface area contributed by atoms with E-state index in [0.29, 0.717) is 19.0 Å². The van der Waals surface area contributed by atoms with Crippen LogP contribution in [0.1, 0.15) is 42.5 Å². The lowest BCUT2D eigenvalue weighted by Gasteiger charge is -2.23. The van der Waals surface area contributed by atoms with Gasteiger partial charge in [0.2, 0.25) is 5.91 Å². The zero-order valence-corrected chi connectivity index (χ0v) is 16.8. The number of hydrogen-bond donors (Lipinski definition) is 0. The Balaban J connectivity index is 1.45. The molecule has 0 radical (unpaired) electrons. The van der Waals surface area contributed by atoms with Crippen molar-refractivity contribution in [2.75, 3.05) is 6.54 Å². The van der Waals surface area contributed by atoms with E-state index in [9.17, 15) is 9.18 Å². The zero-order chi connectivity index (χ0) is 20.2. The summed E-state index contributed by atoms with van der Waals surface area (Å²) >= 11 is 0. The van der Waals surface area contributed by atoms with Crippen LogP contribution < -0.4 is 0 Å². The highest BCUT2D eigenvalue weighted by atomic mass is 19.1. The van der Waals surface area contributed by atoms with E-state index in [4.69, 9.17) is 0 Å². The van der Waals surface area contributed by atoms with Crippen molar-refractivity contribution in [2.24, 2.45) is 5.92 Å². The summed E-state index contributed by atoms with van der Waals surface area (Å²) in [5, 5.41) is 0. The molecule has 1 fully saturated rings. The first kappa shape index (κ1) is 19.4. The lowest BCUT2D eigenvalue weighted by Crippen LogP contribution is -2.33. The summed E-state index contributed by atoms with van der Waals surface area (Å²) in [6, 6.07) is 21.1. The number of hydrogen-bond acceptors (Lipinski definition) is 1. The Hall–Kier alpha value is -2.88. The second-order valence-corrected chi connectivity index (χ2v) is 7.88. The van der Waals surface area contributed by atoms with Crippen LogP contribution in [0, 0.1) is 11.7 Å². The van der Waals surface area contributed by atoms with Crippen molar-refractivity contribution < 1.29 is 9.18 Å². The van der Waals surface area contributed by atoms with Gasteiger partial charge in [0.25, 0.3) is 0 Å². The quantitative estimate of drug-likeness (QED) is 0.518. The number of rotatable bonds is 8. The predicted octanol–water partition coefficient (Wildman–Crippen LogP) is 5.22. The second-order valence-electron chi connectivity index (χ2n) is 7.88. The first-order chi connectivity index (χ1) is 14.2. The Kier molecular flexibility index (Phi) is 5.79. The molecule has 150 valence electrons. The first-order valence-electron chi connectivity index (χ1n) is 10.4. The van der Waals surface area contributed by atoms with E-state index in [-0.39, 0.29) is 17.6 Å². The third kappa shape index (κ3) is 4.58. The van der Waals surface area contributed by atoms with E-state index in [1.54, 1.807) is 12.1 Å². The van der Waals surface area contributed by atoms with E-state index in [2.05, 4.69) is 29.7 Å². The zero-order valence-electron chi connectivity index (χ0n) is 16.8. The van der Waals surface area contributed by atoms with Gasteiger partial charge in [-0.15, -0.1) is 0 Å². The molecule has 2 aromatic carbocycles. The molecule has 4 rings (SSSR count). The fourth-order valence-corrected chi connectivity index (χ4v) is 4.08. The molecule has 0 spiro atoms. The van der Waals surface area contributed by atoms with E-state index < -0.39 is 0 Å². The molecule has 0 unspecified atom stereocenters. The fourth-order valence-electron chi connectivity index (χ4n) is 4.08. The maximum Gasteiger partial charge on any atom is 0.226 e. The summed E-state index contributed by atoms with van der Waals surface area (Å²) in [6.07, 6.45) is 3.87. The highest BCUT2D eigenvalue weighted by Crippen LogP contribution is 2.48. The van der Waals surface area contributed by atoms with Crippen molar-refractivity contribution >= 4 is 5.91 Å². The van der Waals surface area contributed by atoms with Crippen LogP contribution in [0.4, 0.5) is 4.39 Å². The lowest BCUT2D eigenvalue weighted by molar-refractivity contribution is -0.133. The number of carbonyl (C=O) groups excluding carboxylic acids is 1. The SMILES string of the molecule is CCCN(Cc1cccn1Cc1cccc(F)c1)C(=O)[C@@H]1C[C@H]1c1ccccc1. The molecule has 0 saturated heterocycles. The molecule has 4 heteroatoms. The molecule has 1 aliphatic carbocycles. The van der Waals surface area contributed by atoms with Crippen LogP contribution in [0.15, 0.2) is 72.9 Å². The molecule has 1 heterocycles. The van der Waals surface area contributed by atoms with Crippen LogP contribution in [-0.4, -0.2) is 21.9 Å². The summed E-state index contributed by atoms with van der Waals surface area (Å²) in [6.45, 7) is 4.05. The first-order valence-corrected chi connectivity index (χ1v) is 10.4. The predicted molar refractivity (Wildman–Crippen MR) is 113 cm³/mol. The largest absolute Gasteiger partial charge is 0.345 e.